The Kier molecular flexibility index (Phi) is 9.16. The molecule has 13 heavy (non-hydrogen) atoms. The predicted molar refractivity (Wildman–Crippen MR) is 47.5 cm³/mol. The van der Waals surface area contributed by atoms with E-state index in [2.05, 4.69) is 6.92 Å². The van der Waals surface area contributed by atoms with Crippen molar-refractivity contribution in [2.75, 3.05) is 0 Å². The van der Waals surface area contributed by atoms with Crippen LogP contribution in [0.2, 0.25) is 0 Å². The number of carboxylic acid groups (broad SMARTS) is 1. The Hall–Kier alpha value is 0.210. The minimum Gasteiger partial charge on any atom is -0.550 e. The van der Waals surface area contributed by atoms with Crippen molar-refractivity contribution in [2.45, 2.75) is 52.9 Å². The summed E-state index contributed by atoms with van der Waals surface area (Å²) in [6.07, 6.45) is 4.17. The molecule has 0 saturated carbocycles. The Morgan fingerprint density at radius 1 is 1.23 bits per heavy atom. The SMILES string of the molecule is CCCCC(CC)(CC)C(=O)[O-].[Ag+]. The summed E-state index contributed by atoms with van der Waals surface area (Å²) in [5, 5.41) is 10.9. The van der Waals surface area contributed by atoms with Gasteiger partial charge in [-0.25, -0.2) is 0 Å². The van der Waals surface area contributed by atoms with Crippen LogP contribution in [-0.4, -0.2) is 5.97 Å². The van der Waals surface area contributed by atoms with Crippen molar-refractivity contribution in [3.63, 3.8) is 0 Å². The van der Waals surface area contributed by atoms with Crippen molar-refractivity contribution in [3.05, 3.63) is 0 Å². The largest absolute Gasteiger partial charge is 1.00 e. The Morgan fingerprint density at radius 3 is 1.92 bits per heavy atom. The van der Waals surface area contributed by atoms with Gasteiger partial charge in [0.1, 0.15) is 0 Å². The molecule has 2 nitrogen and oxygen atoms in total. The summed E-state index contributed by atoms with van der Waals surface area (Å²) in [5.41, 5.74) is -0.560. The molecule has 0 atom stereocenters. The van der Waals surface area contributed by atoms with Gasteiger partial charge in [-0.1, -0.05) is 33.6 Å². The van der Waals surface area contributed by atoms with Gasteiger partial charge in [-0.05, 0) is 19.3 Å². The Labute approximate surface area is 96.6 Å². The van der Waals surface area contributed by atoms with Crippen LogP contribution in [0.5, 0.6) is 0 Å². The molecule has 0 fully saturated rings. The fourth-order valence-corrected chi connectivity index (χ4v) is 1.51. The van der Waals surface area contributed by atoms with E-state index in [9.17, 15) is 9.90 Å². The van der Waals surface area contributed by atoms with E-state index in [-0.39, 0.29) is 22.4 Å². The number of rotatable bonds is 6. The third-order valence-electron chi connectivity index (χ3n) is 2.80. The summed E-state index contributed by atoms with van der Waals surface area (Å²) in [6, 6.07) is 0. The first-order chi connectivity index (χ1) is 5.63. The monoisotopic (exact) mass is 278 g/mol. The molecule has 0 saturated heterocycles. The fourth-order valence-electron chi connectivity index (χ4n) is 1.51. The van der Waals surface area contributed by atoms with Crippen LogP contribution < -0.4 is 5.11 Å². The molecule has 0 heterocycles. The maximum Gasteiger partial charge on any atom is 1.00 e. The average Bonchev–Trinajstić information content (AvgIpc) is 2.07. The van der Waals surface area contributed by atoms with Gasteiger partial charge in [-0.15, -0.1) is 0 Å². The van der Waals surface area contributed by atoms with Crippen LogP contribution in [0.1, 0.15) is 52.9 Å². The zero-order valence-electron chi connectivity index (χ0n) is 8.65. The Morgan fingerprint density at radius 2 is 1.69 bits per heavy atom. The molecule has 0 aliphatic heterocycles. The van der Waals surface area contributed by atoms with Gasteiger partial charge in [-0.3, -0.25) is 0 Å². The van der Waals surface area contributed by atoms with E-state index >= 15 is 0 Å². The number of unbranched alkanes of at least 4 members (excludes halogenated alkanes) is 1. The van der Waals surface area contributed by atoms with E-state index in [1.165, 1.54) is 0 Å². The van der Waals surface area contributed by atoms with Crippen molar-refractivity contribution in [3.8, 4) is 0 Å². The molecule has 0 bridgehead atoms. The van der Waals surface area contributed by atoms with Crippen molar-refractivity contribution in [1.82, 2.24) is 0 Å². The van der Waals surface area contributed by atoms with Gasteiger partial charge < -0.3 is 9.90 Å². The second-order valence-electron chi connectivity index (χ2n) is 3.38. The van der Waals surface area contributed by atoms with Gasteiger partial charge in [0, 0.05) is 11.4 Å². The Balaban J connectivity index is 0. The van der Waals surface area contributed by atoms with Gasteiger partial charge in [0.15, 0.2) is 0 Å². The van der Waals surface area contributed by atoms with E-state index < -0.39 is 11.4 Å². The van der Waals surface area contributed by atoms with Crippen LogP contribution in [0, 0.1) is 5.41 Å². The molecule has 0 amide bonds. The molecule has 0 unspecified atom stereocenters. The quantitative estimate of drug-likeness (QED) is 0.695. The third kappa shape index (κ3) is 4.30. The molecular weight excluding hydrogens is 260 g/mol. The number of carboxylic acids is 1. The van der Waals surface area contributed by atoms with Crippen LogP contribution in [0.25, 0.3) is 0 Å². The summed E-state index contributed by atoms with van der Waals surface area (Å²) in [7, 11) is 0. The van der Waals surface area contributed by atoms with Crippen molar-refractivity contribution in [2.24, 2.45) is 5.41 Å². The van der Waals surface area contributed by atoms with Crippen LogP contribution in [0.3, 0.4) is 0 Å². The van der Waals surface area contributed by atoms with Crippen molar-refractivity contribution in [1.29, 1.82) is 0 Å². The maximum atomic E-state index is 10.9. The molecule has 0 radical (unpaired) electrons. The molecule has 0 aliphatic rings. The molecule has 0 rings (SSSR count). The second kappa shape index (κ2) is 7.60. The molecule has 0 aromatic rings. The summed E-state index contributed by atoms with van der Waals surface area (Å²) >= 11 is 0. The number of carbonyl (C=O) groups excluding carboxylic acids is 1. The van der Waals surface area contributed by atoms with Crippen molar-refractivity contribution < 1.29 is 32.3 Å². The minimum absolute atomic E-state index is 0. The average molecular weight is 279 g/mol. The molecule has 0 aliphatic carbocycles. The van der Waals surface area contributed by atoms with E-state index in [1.54, 1.807) is 0 Å². The van der Waals surface area contributed by atoms with E-state index in [4.69, 9.17) is 0 Å². The zero-order chi connectivity index (χ0) is 9.61. The topological polar surface area (TPSA) is 40.1 Å². The van der Waals surface area contributed by atoms with E-state index in [0.717, 1.165) is 19.3 Å². The molecule has 0 aromatic carbocycles. The summed E-state index contributed by atoms with van der Waals surface area (Å²) in [6.45, 7) is 5.93. The normalized spacial score (nSPS) is 10.7. The van der Waals surface area contributed by atoms with Gasteiger partial charge in [0.05, 0.1) is 0 Å². The van der Waals surface area contributed by atoms with Crippen molar-refractivity contribution >= 4 is 5.97 Å². The number of carbonyl (C=O) groups is 1. The molecular formula is C10H19AgO2. The first kappa shape index (κ1) is 15.7. The first-order valence-electron chi connectivity index (χ1n) is 4.84. The first-order valence-corrected chi connectivity index (χ1v) is 4.84. The summed E-state index contributed by atoms with van der Waals surface area (Å²) < 4.78 is 0. The van der Waals surface area contributed by atoms with Crippen LogP contribution in [-0.2, 0) is 27.2 Å². The summed E-state index contributed by atoms with van der Waals surface area (Å²) in [5.74, 6) is -0.874. The predicted octanol–water partition coefficient (Wildman–Crippen LogP) is 1.73. The van der Waals surface area contributed by atoms with Gasteiger partial charge >= 0.3 is 22.4 Å². The van der Waals surface area contributed by atoms with Gasteiger partial charge in [0.2, 0.25) is 0 Å². The Bertz CT molecular complexity index is 142. The number of hydrogen-bond acceptors (Lipinski definition) is 2. The fraction of sp³-hybridized carbons (Fsp3) is 0.900. The molecule has 0 N–H and O–H groups in total. The maximum absolute atomic E-state index is 10.9. The molecule has 0 spiro atoms. The van der Waals surface area contributed by atoms with Crippen LogP contribution >= 0.6 is 0 Å². The van der Waals surface area contributed by atoms with E-state index in [0.29, 0.717) is 12.8 Å². The smallest absolute Gasteiger partial charge is 0.550 e. The third-order valence-corrected chi connectivity index (χ3v) is 2.80. The number of hydrogen-bond donors (Lipinski definition) is 0. The number of aliphatic carboxylic acids is 1. The summed E-state index contributed by atoms with van der Waals surface area (Å²) in [4.78, 5) is 10.9. The molecule has 82 valence electrons. The zero-order valence-corrected chi connectivity index (χ0v) is 10.1. The van der Waals surface area contributed by atoms with E-state index in [1.807, 2.05) is 13.8 Å². The molecule has 0 aromatic heterocycles. The molecule has 3 heteroatoms. The van der Waals surface area contributed by atoms with Crippen LogP contribution in [0.15, 0.2) is 0 Å². The minimum atomic E-state index is -0.874. The van der Waals surface area contributed by atoms with Crippen LogP contribution in [0.4, 0.5) is 0 Å². The van der Waals surface area contributed by atoms with Gasteiger partial charge in [-0.2, -0.15) is 0 Å². The van der Waals surface area contributed by atoms with Gasteiger partial charge in [0.25, 0.3) is 0 Å². The second-order valence-corrected chi connectivity index (χ2v) is 3.38. The standard InChI is InChI=1S/C10H20O2.Ag/c1-4-7-8-10(5-2,6-3)9(11)12;/h4-8H2,1-3H3,(H,11,12);/q;+1/p-1.